The molecule has 3 heteroatoms. The molecule has 0 fully saturated rings. The van der Waals surface area contributed by atoms with Gasteiger partial charge in [0.2, 0.25) is 0 Å². The molecule has 5 aromatic rings. The molecule has 0 unspecified atom stereocenters. The number of rotatable bonds is 5. The summed E-state index contributed by atoms with van der Waals surface area (Å²) in [6.07, 6.45) is 2.22. The van der Waals surface area contributed by atoms with Crippen molar-refractivity contribution in [2.45, 2.75) is 19.8 Å². The highest BCUT2D eigenvalue weighted by molar-refractivity contribution is 5.95. The average Bonchev–Trinajstić information content (AvgIpc) is 2.84. The second-order valence-corrected chi connectivity index (χ2v) is 7.65. The van der Waals surface area contributed by atoms with Crippen LogP contribution in [0, 0.1) is 0 Å². The summed E-state index contributed by atoms with van der Waals surface area (Å²) < 4.78 is 0. The SMILES string of the molecule is CCCc1ccc2c(-c3nc(-c4ccccc4)nc(-c4ccccc4)n3)cccc2c1. The summed E-state index contributed by atoms with van der Waals surface area (Å²) in [5.41, 5.74) is 4.35. The van der Waals surface area contributed by atoms with Crippen molar-refractivity contribution < 1.29 is 0 Å². The molecule has 0 bridgehead atoms. The molecular weight excluding hydrogens is 378 g/mol. The van der Waals surface area contributed by atoms with Gasteiger partial charge in [0, 0.05) is 16.7 Å². The lowest BCUT2D eigenvalue weighted by Gasteiger charge is -2.11. The zero-order valence-corrected chi connectivity index (χ0v) is 17.5. The summed E-state index contributed by atoms with van der Waals surface area (Å²) in [6.45, 7) is 2.21. The van der Waals surface area contributed by atoms with Gasteiger partial charge in [-0.15, -0.1) is 0 Å². The van der Waals surface area contributed by atoms with Crippen LogP contribution < -0.4 is 0 Å². The first-order valence-corrected chi connectivity index (χ1v) is 10.7. The van der Waals surface area contributed by atoms with Crippen LogP contribution in [0.25, 0.3) is 44.9 Å². The van der Waals surface area contributed by atoms with E-state index in [0.29, 0.717) is 17.5 Å². The van der Waals surface area contributed by atoms with E-state index in [2.05, 4.69) is 43.3 Å². The van der Waals surface area contributed by atoms with Crippen molar-refractivity contribution in [1.29, 1.82) is 0 Å². The number of hydrogen-bond donors (Lipinski definition) is 0. The molecule has 150 valence electrons. The lowest BCUT2D eigenvalue weighted by atomic mass is 10.00. The van der Waals surface area contributed by atoms with Crippen LogP contribution in [-0.2, 0) is 6.42 Å². The van der Waals surface area contributed by atoms with E-state index in [9.17, 15) is 0 Å². The van der Waals surface area contributed by atoms with Gasteiger partial charge in [-0.1, -0.05) is 110 Å². The van der Waals surface area contributed by atoms with Gasteiger partial charge in [0.05, 0.1) is 0 Å². The molecule has 0 saturated heterocycles. The molecule has 0 amide bonds. The number of benzene rings is 4. The second kappa shape index (κ2) is 8.49. The zero-order chi connectivity index (χ0) is 21.0. The van der Waals surface area contributed by atoms with Gasteiger partial charge in [-0.25, -0.2) is 15.0 Å². The van der Waals surface area contributed by atoms with Crippen LogP contribution in [0.1, 0.15) is 18.9 Å². The van der Waals surface area contributed by atoms with Crippen molar-refractivity contribution in [3.05, 3.63) is 103 Å². The average molecular weight is 402 g/mol. The highest BCUT2D eigenvalue weighted by atomic mass is 15.0. The van der Waals surface area contributed by atoms with Gasteiger partial charge in [0.1, 0.15) is 0 Å². The predicted molar refractivity (Wildman–Crippen MR) is 128 cm³/mol. The highest BCUT2D eigenvalue weighted by Crippen LogP contribution is 2.30. The van der Waals surface area contributed by atoms with Gasteiger partial charge in [0.15, 0.2) is 17.5 Å². The van der Waals surface area contributed by atoms with Gasteiger partial charge in [-0.3, -0.25) is 0 Å². The normalized spacial score (nSPS) is 11.0. The lowest BCUT2D eigenvalue weighted by Crippen LogP contribution is -2.00. The number of fused-ring (bicyclic) bond motifs is 1. The van der Waals surface area contributed by atoms with Crippen LogP contribution in [-0.4, -0.2) is 15.0 Å². The molecule has 0 saturated carbocycles. The van der Waals surface area contributed by atoms with E-state index in [0.717, 1.165) is 34.9 Å². The fourth-order valence-electron chi connectivity index (χ4n) is 3.90. The fourth-order valence-corrected chi connectivity index (χ4v) is 3.90. The molecule has 0 spiro atoms. The van der Waals surface area contributed by atoms with Crippen LogP contribution in [0.5, 0.6) is 0 Å². The predicted octanol–water partition coefficient (Wildman–Crippen LogP) is 6.98. The summed E-state index contributed by atoms with van der Waals surface area (Å²) in [6, 6.07) is 33.2. The quantitative estimate of drug-likeness (QED) is 0.319. The van der Waals surface area contributed by atoms with Gasteiger partial charge in [-0.2, -0.15) is 0 Å². The molecule has 1 aromatic heterocycles. The second-order valence-electron chi connectivity index (χ2n) is 7.65. The van der Waals surface area contributed by atoms with E-state index >= 15 is 0 Å². The Morgan fingerprint density at radius 3 is 1.81 bits per heavy atom. The van der Waals surface area contributed by atoms with Crippen LogP contribution in [0.3, 0.4) is 0 Å². The van der Waals surface area contributed by atoms with E-state index in [1.807, 2.05) is 60.7 Å². The topological polar surface area (TPSA) is 38.7 Å². The molecule has 0 aliphatic heterocycles. The van der Waals surface area contributed by atoms with Gasteiger partial charge < -0.3 is 0 Å². The van der Waals surface area contributed by atoms with Crippen molar-refractivity contribution in [3.8, 4) is 34.2 Å². The highest BCUT2D eigenvalue weighted by Gasteiger charge is 2.14. The Labute approximate surface area is 182 Å². The van der Waals surface area contributed by atoms with E-state index in [1.165, 1.54) is 10.9 Å². The van der Waals surface area contributed by atoms with Crippen molar-refractivity contribution >= 4 is 10.8 Å². The molecule has 5 rings (SSSR count). The Hall–Kier alpha value is -3.85. The van der Waals surface area contributed by atoms with Crippen molar-refractivity contribution in [1.82, 2.24) is 15.0 Å². The first-order valence-electron chi connectivity index (χ1n) is 10.7. The Morgan fingerprint density at radius 2 is 1.19 bits per heavy atom. The largest absolute Gasteiger partial charge is 0.208 e. The van der Waals surface area contributed by atoms with E-state index < -0.39 is 0 Å². The minimum atomic E-state index is 0.684. The number of nitrogens with zero attached hydrogens (tertiary/aromatic N) is 3. The van der Waals surface area contributed by atoms with Crippen molar-refractivity contribution in [2.24, 2.45) is 0 Å². The third-order valence-corrected chi connectivity index (χ3v) is 5.42. The van der Waals surface area contributed by atoms with E-state index in [4.69, 9.17) is 15.0 Å². The van der Waals surface area contributed by atoms with Crippen molar-refractivity contribution in [2.75, 3.05) is 0 Å². The molecule has 0 radical (unpaired) electrons. The molecule has 3 nitrogen and oxygen atoms in total. The first-order chi connectivity index (χ1) is 15.3. The minimum absolute atomic E-state index is 0.684. The van der Waals surface area contributed by atoms with E-state index in [1.54, 1.807) is 0 Å². The molecule has 31 heavy (non-hydrogen) atoms. The molecule has 1 heterocycles. The summed E-state index contributed by atoms with van der Waals surface area (Å²) in [5, 5.41) is 2.37. The molecule has 4 aromatic carbocycles. The van der Waals surface area contributed by atoms with Gasteiger partial charge >= 0.3 is 0 Å². The third kappa shape index (κ3) is 3.95. The Bertz CT molecular complexity index is 1270. The summed E-state index contributed by atoms with van der Waals surface area (Å²) in [4.78, 5) is 14.6. The maximum absolute atomic E-state index is 4.89. The van der Waals surface area contributed by atoms with Crippen LogP contribution in [0.2, 0.25) is 0 Å². The summed E-state index contributed by atoms with van der Waals surface area (Å²) >= 11 is 0. The zero-order valence-electron chi connectivity index (χ0n) is 17.5. The molecule has 0 aliphatic carbocycles. The molecular formula is C28H23N3. The van der Waals surface area contributed by atoms with Gasteiger partial charge in [0.25, 0.3) is 0 Å². The van der Waals surface area contributed by atoms with Crippen LogP contribution in [0.4, 0.5) is 0 Å². The van der Waals surface area contributed by atoms with Crippen LogP contribution in [0.15, 0.2) is 97.1 Å². The van der Waals surface area contributed by atoms with E-state index in [-0.39, 0.29) is 0 Å². The molecule has 0 N–H and O–H groups in total. The minimum Gasteiger partial charge on any atom is -0.208 e. The maximum atomic E-state index is 4.89. The molecule has 0 aliphatic rings. The molecule has 0 atom stereocenters. The smallest absolute Gasteiger partial charge is 0.164 e. The Kier molecular flexibility index (Phi) is 5.24. The maximum Gasteiger partial charge on any atom is 0.164 e. The standard InChI is InChI=1S/C28H23N3/c1-2-10-20-17-18-24-23(19-20)15-9-16-25(24)28-30-26(21-11-5-3-6-12-21)29-27(31-28)22-13-7-4-8-14-22/h3-9,11-19H,2,10H2,1H3. The number of hydrogen-bond acceptors (Lipinski definition) is 3. The monoisotopic (exact) mass is 401 g/mol. The summed E-state index contributed by atoms with van der Waals surface area (Å²) in [5.74, 6) is 2.06. The third-order valence-electron chi connectivity index (χ3n) is 5.42. The van der Waals surface area contributed by atoms with Gasteiger partial charge in [-0.05, 0) is 22.8 Å². The lowest BCUT2D eigenvalue weighted by molar-refractivity contribution is 0.924. The number of aryl methyl sites for hydroxylation is 1. The Balaban J connectivity index is 1.72. The first kappa shape index (κ1) is 19.1. The number of aromatic nitrogens is 3. The van der Waals surface area contributed by atoms with Crippen LogP contribution >= 0.6 is 0 Å². The fraction of sp³-hybridized carbons (Fsp3) is 0.107. The Morgan fingerprint density at radius 1 is 0.581 bits per heavy atom. The summed E-state index contributed by atoms with van der Waals surface area (Å²) in [7, 11) is 0. The van der Waals surface area contributed by atoms with Crippen molar-refractivity contribution in [3.63, 3.8) is 0 Å².